The highest BCUT2D eigenvalue weighted by Gasteiger charge is 2.24. The number of rotatable bonds is 3. The lowest BCUT2D eigenvalue weighted by Crippen LogP contribution is -2.39. The minimum Gasteiger partial charge on any atom is -0.489 e. The number of para-hydroxylation sites is 1. The lowest BCUT2D eigenvalue weighted by Gasteiger charge is -2.31. The maximum absolute atomic E-state index is 10.2. The van der Waals surface area contributed by atoms with E-state index >= 15 is 0 Å². The van der Waals surface area contributed by atoms with Gasteiger partial charge in [0.15, 0.2) is 0 Å². The molecule has 0 spiro atoms. The molecule has 100 valence electrons. The summed E-state index contributed by atoms with van der Waals surface area (Å²) < 4.78 is 6.08. The molecule has 1 atom stereocenters. The van der Waals surface area contributed by atoms with E-state index in [-0.39, 0.29) is 6.10 Å². The Bertz CT molecular complexity index is 398. The van der Waals surface area contributed by atoms with Crippen LogP contribution in [0.2, 0.25) is 0 Å². The number of ether oxygens (including phenoxy) is 1. The average Bonchev–Trinajstić information content (AvgIpc) is 2.28. The van der Waals surface area contributed by atoms with Gasteiger partial charge in [-0.05, 0) is 46.3 Å². The van der Waals surface area contributed by atoms with Gasteiger partial charge < -0.3 is 14.7 Å². The fraction of sp³-hybridized carbons (Fsp3) is 0.600. The number of likely N-dealkylation sites (N-methyl/N-ethyl adjacent to an activating group) is 1. The molecule has 1 aromatic rings. The zero-order valence-corrected chi connectivity index (χ0v) is 11.5. The first kappa shape index (κ1) is 13.4. The number of nitrogens with zero attached hydrogens (tertiary/aromatic N) is 1. The summed E-state index contributed by atoms with van der Waals surface area (Å²) in [5.41, 5.74) is -0.00446. The van der Waals surface area contributed by atoms with Gasteiger partial charge in [0.2, 0.25) is 0 Å². The van der Waals surface area contributed by atoms with Crippen LogP contribution in [0.1, 0.15) is 32.3 Å². The largest absolute Gasteiger partial charge is 0.489 e. The Balaban J connectivity index is 2.13. The van der Waals surface area contributed by atoms with E-state index in [2.05, 4.69) is 11.9 Å². The van der Waals surface area contributed by atoms with Crippen molar-refractivity contribution in [3.05, 3.63) is 29.8 Å². The third-order valence-electron chi connectivity index (χ3n) is 3.42. The molecule has 3 heteroatoms. The van der Waals surface area contributed by atoms with E-state index in [0.717, 1.165) is 30.8 Å². The number of hydrogen-bond donors (Lipinski definition) is 1. The number of piperidine rings is 1. The van der Waals surface area contributed by atoms with Gasteiger partial charge in [0.05, 0.1) is 5.60 Å². The standard InChI is InChI=1S/C15H23NO2/c1-15(2,17)13-8-4-5-9-14(13)18-12-7-6-10-16(3)11-12/h4-5,8-9,12,17H,6-7,10-11H2,1-3H3. The van der Waals surface area contributed by atoms with Crippen molar-refractivity contribution in [2.75, 3.05) is 20.1 Å². The van der Waals surface area contributed by atoms with Crippen molar-refractivity contribution in [3.8, 4) is 5.75 Å². The Kier molecular flexibility index (Phi) is 3.93. The highest BCUT2D eigenvalue weighted by Crippen LogP contribution is 2.30. The maximum atomic E-state index is 10.2. The molecule has 1 aromatic carbocycles. The summed E-state index contributed by atoms with van der Waals surface area (Å²) in [4.78, 5) is 2.29. The Morgan fingerprint density at radius 1 is 1.33 bits per heavy atom. The van der Waals surface area contributed by atoms with Gasteiger partial charge in [-0.25, -0.2) is 0 Å². The molecule has 1 fully saturated rings. The van der Waals surface area contributed by atoms with Gasteiger partial charge in [0.1, 0.15) is 11.9 Å². The van der Waals surface area contributed by atoms with Crippen molar-refractivity contribution in [3.63, 3.8) is 0 Å². The monoisotopic (exact) mass is 249 g/mol. The van der Waals surface area contributed by atoms with Crippen molar-refractivity contribution in [1.29, 1.82) is 0 Å². The zero-order chi connectivity index (χ0) is 13.2. The zero-order valence-electron chi connectivity index (χ0n) is 11.5. The Hall–Kier alpha value is -1.06. The van der Waals surface area contributed by atoms with Gasteiger partial charge in [-0.1, -0.05) is 18.2 Å². The predicted octanol–water partition coefficient (Wildman–Crippen LogP) is 2.39. The summed E-state index contributed by atoms with van der Waals surface area (Å²) in [6.07, 6.45) is 2.49. The van der Waals surface area contributed by atoms with Crippen LogP contribution in [0.3, 0.4) is 0 Å². The summed E-state index contributed by atoms with van der Waals surface area (Å²) in [5, 5.41) is 10.2. The molecule has 18 heavy (non-hydrogen) atoms. The SMILES string of the molecule is CN1CCCC(Oc2ccccc2C(C)(C)O)C1. The second kappa shape index (κ2) is 5.29. The summed E-state index contributed by atoms with van der Waals surface area (Å²) in [5.74, 6) is 0.810. The summed E-state index contributed by atoms with van der Waals surface area (Å²) >= 11 is 0. The normalized spacial score (nSPS) is 21.9. The molecule has 1 N–H and O–H groups in total. The van der Waals surface area contributed by atoms with E-state index < -0.39 is 5.60 Å². The highest BCUT2D eigenvalue weighted by molar-refractivity contribution is 5.37. The fourth-order valence-corrected chi connectivity index (χ4v) is 2.47. The minimum absolute atomic E-state index is 0.229. The molecule has 1 saturated heterocycles. The maximum Gasteiger partial charge on any atom is 0.125 e. The van der Waals surface area contributed by atoms with Gasteiger partial charge in [-0.15, -0.1) is 0 Å². The van der Waals surface area contributed by atoms with Gasteiger partial charge >= 0.3 is 0 Å². The average molecular weight is 249 g/mol. The van der Waals surface area contributed by atoms with Crippen LogP contribution in [0.5, 0.6) is 5.75 Å². The molecule has 0 saturated carbocycles. The first-order valence-corrected chi connectivity index (χ1v) is 6.64. The van der Waals surface area contributed by atoms with Gasteiger partial charge in [-0.2, -0.15) is 0 Å². The van der Waals surface area contributed by atoms with Crippen LogP contribution in [-0.2, 0) is 5.60 Å². The Morgan fingerprint density at radius 2 is 2.06 bits per heavy atom. The molecular weight excluding hydrogens is 226 g/mol. The molecule has 1 heterocycles. The van der Waals surface area contributed by atoms with Crippen LogP contribution in [0.4, 0.5) is 0 Å². The van der Waals surface area contributed by atoms with E-state index in [1.165, 1.54) is 6.42 Å². The van der Waals surface area contributed by atoms with E-state index in [1.54, 1.807) is 13.8 Å². The van der Waals surface area contributed by atoms with Crippen LogP contribution in [0.15, 0.2) is 24.3 Å². The van der Waals surface area contributed by atoms with Crippen molar-refractivity contribution in [2.24, 2.45) is 0 Å². The van der Waals surface area contributed by atoms with E-state index in [0.29, 0.717) is 0 Å². The Labute approximate surface area is 109 Å². The van der Waals surface area contributed by atoms with Gasteiger partial charge in [-0.3, -0.25) is 0 Å². The molecule has 1 unspecified atom stereocenters. The third-order valence-corrected chi connectivity index (χ3v) is 3.42. The fourth-order valence-electron chi connectivity index (χ4n) is 2.47. The number of benzene rings is 1. The van der Waals surface area contributed by atoms with Crippen LogP contribution < -0.4 is 4.74 Å². The lowest BCUT2D eigenvalue weighted by atomic mass is 9.97. The quantitative estimate of drug-likeness (QED) is 0.893. The van der Waals surface area contributed by atoms with Crippen LogP contribution in [0.25, 0.3) is 0 Å². The molecule has 0 aromatic heterocycles. The molecule has 2 rings (SSSR count). The van der Waals surface area contributed by atoms with Gasteiger partial charge in [0.25, 0.3) is 0 Å². The smallest absolute Gasteiger partial charge is 0.125 e. The summed E-state index contributed by atoms with van der Waals surface area (Å²) in [7, 11) is 2.12. The predicted molar refractivity (Wildman–Crippen MR) is 72.8 cm³/mol. The van der Waals surface area contributed by atoms with Crippen molar-refractivity contribution in [2.45, 2.75) is 38.4 Å². The molecule has 0 aliphatic carbocycles. The highest BCUT2D eigenvalue weighted by atomic mass is 16.5. The van der Waals surface area contributed by atoms with Crippen LogP contribution >= 0.6 is 0 Å². The molecule has 3 nitrogen and oxygen atoms in total. The first-order chi connectivity index (χ1) is 8.47. The summed E-state index contributed by atoms with van der Waals surface area (Å²) in [6.45, 7) is 5.69. The van der Waals surface area contributed by atoms with Gasteiger partial charge in [0, 0.05) is 12.1 Å². The second-order valence-corrected chi connectivity index (χ2v) is 5.70. The molecule has 1 aliphatic heterocycles. The van der Waals surface area contributed by atoms with Crippen LogP contribution in [-0.4, -0.2) is 36.2 Å². The lowest BCUT2D eigenvalue weighted by molar-refractivity contribution is 0.0645. The van der Waals surface area contributed by atoms with Crippen molar-refractivity contribution in [1.82, 2.24) is 4.90 Å². The number of likely N-dealkylation sites (tertiary alicyclic amines) is 1. The molecule has 0 radical (unpaired) electrons. The van der Waals surface area contributed by atoms with Crippen molar-refractivity contribution < 1.29 is 9.84 Å². The van der Waals surface area contributed by atoms with E-state index in [1.807, 2.05) is 24.3 Å². The Morgan fingerprint density at radius 3 is 2.72 bits per heavy atom. The number of hydrogen-bond acceptors (Lipinski definition) is 3. The number of aliphatic hydroxyl groups is 1. The first-order valence-electron chi connectivity index (χ1n) is 6.64. The van der Waals surface area contributed by atoms with E-state index in [9.17, 15) is 5.11 Å². The third kappa shape index (κ3) is 3.24. The van der Waals surface area contributed by atoms with E-state index in [4.69, 9.17) is 4.74 Å². The molecule has 0 amide bonds. The minimum atomic E-state index is -0.864. The van der Waals surface area contributed by atoms with Crippen molar-refractivity contribution >= 4 is 0 Å². The van der Waals surface area contributed by atoms with Crippen LogP contribution in [0, 0.1) is 0 Å². The molecule has 0 bridgehead atoms. The molecular formula is C15H23NO2. The topological polar surface area (TPSA) is 32.7 Å². The molecule has 1 aliphatic rings. The summed E-state index contributed by atoms with van der Waals surface area (Å²) in [6, 6.07) is 7.77. The second-order valence-electron chi connectivity index (χ2n) is 5.70.